The number of anilines is 2. The van der Waals surface area contributed by atoms with Crippen LogP contribution < -0.4 is 10.6 Å². The Labute approximate surface area is 171 Å². The van der Waals surface area contributed by atoms with E-state index in [-0.39, 0.29) is 37.0 Å². The molecule has 160 valence electrons. The summed E-state index contributed by atoms with van der Waals surface area (Å²) in [5, 5.41) is 0. The topological polar surface area (TPSA) is 115 Å². The summed E-state index contributed by atoms with van der Waals surface area (Å²) in [6.45, 7) is 0.379. The molecule has 0 radical (unpaired) electrons. The summed E-state index contributed by atoms with van der Waals surface area (Å²) in [6, 6.07) is 2.83. The van der Waals surface area contributed by atoms with Crippen LogP contribution in [0.4, 0.5) is 20.7 Å². The molecule has 0 aliphatic carbocycles. The molecule has 1 fully saturated rings. The van der Waals surface area contributed by atoms with Crippen LogP contribution in [0.1, 0.15) is 29.0 Å². The first-order valence-corrected chi connectivity index (χ1v) is 9.33. The van der Waals surface area contributed by atoms with Gasteiger partial charge in [-0.3, -0.25) is 9.59 Å². The third-order valence-electron chi connectivity index (χ3n) is 4.71. The normalized spacial score (nSPS) is 14.5. The molecule has 9 nitrogen and oxygen atoms in total. The molecule has 2 aromatic rings. The lowest BCUT2D eigenvalue weighted by atomic mass is 9.96. The Bertz CT molecular complexity index is 948. The van der Waals surface area contributed by atoms with Gasteiger partial charge in [0.05, 0.1) is 11.5 Å². The van der Waals surface area contributed by atoms with Crippen LogP contribution in [0.25, 0.3) is 0 Å². The summed E-state index contributed by atoms with van der Waals surface area (Å²) in [4.78, 5) is 40.0. The number of piperidine rings is 1. The van der Waals surface area contributed by atoms with Crippen LogP contribution in [0.5, 0.6) is 0 Å². The molecule has 1 aliphatic rings. The standard InChI is InChI=1S/C19H22F2N6O3/c1-26(2)19-24-15(23-18(22)25-19)10-30-17(29)11-5-7-27(8-6-11)16(28)13-4-3-12(20)9-14(13)21/h3-4,9,11H,5-8,10H2,1-2H3,(H2,22,23,24,25). The highest BCUT2D eigenvalue weighted by atomic mass is 19.1. The molecule has 2 heterocycles. The first-order valence-electron chi connectivity index (χ1n) is 9.33. The van der Waals surface area contributed by atoms with E-state index in [0.29, 0.717) is 24.9 Å². The van der Waals surface area contributed by atoms with E-state index in [1.165, 1.54) is 4.90 Å². The van der Waals surface area contributed by atoms with E-state index in [9.17, 15) is 18.4 Å². The molecular weight excluding hydrogens is 398 g/mol. The van der Waals surface area contributed by atoms with Gasteiger partial charge in [0.25, 0.3) is 5.91 Å². The third-order valence-corrected chi connectivity index (χ3v) is 4.71. The summed E-state index contributed by atoms with van der Waals surface area (Å²) in [7, 11) is 3.49. The Morgan fingerprint density at radius 1 is 1.20 bits per heavy atom. The second-order valence-corrected chi connectivity index (χ2v) is 7.10. The van der Waals surface area contributed by atoms with Crippen LogP contribution in [0.2, 0.25) is 0 Å². The number of nitrogens with zero attached hydrogens (tertiary/aromatic N) is 5. The SMILES string of the molecule is CN(C)c1nc(N)nc(COC(=O)C2CCN(C(=O)c3ccc(F)cc3F)CC2)n1. The van der Waals surface area contributed by atoms with E-state index >= 15 is 0 Å². The van der Waals surface area contributed by atoms with E-state index in [0.717, 1.165) is 12.1 Å². The molecule has 2 N–H and O–H groups in total. The van der Waals surface area contributed by atoms with E-state index in [1.807, 2.05) is 0 Å². The number of hydrogen-bond donors (Lipinski definition) is 1. The molecule has 0 atom stereocenters. The highest BCUT2D eigenvalue weighted by Crippen LogP contribution is 2.22. The maximum absolute atomic E-state index is 13.8. The van der Waals surface area contributed by atoms with Crippen molar-refractivity contribution in [1.29, 1.82) is 0 Å². The lowest BCUT2D eigenvalue weighted by molar-refractivity contribution is -0.151. The monoisotopic (exact) mass is 420 g/mol. The molecule has 0 saturated carbocycles. The van der Waals surface area contributed by atoms with Crippen LogP contribution in [0.15, 0.2) is 18.2 Å². The molecule has 0 bridgehead atoms. The molecule has 3 rings (SSSR count). The molecule has 30 heavy (non-hydrogen) atoms. The zero-order chi connectivity index (χ0) is 21.8. The maximum Gasteiger partial charge on any atom is 0.309 e. The zero-order valence-corrected chi connectivity index (χ0v) is 16.6. The molecule has 0 unspecified atom stereocenters. The van der Waals surface area contributed by atoms with Crippen LogP contribution in [0.3, 0.4) is 0 Å². The predicted molar refractivity (Wildman–Crippen MR) is 103 cm³/mol. The highest BCUT2D eigenvalue weighted by Gasteiger charge is 2.30. The van der Waals surface area contributed by atoms with Crippen LogP contribution in [0, 0.1) is 17.6 Å². The van der Waals surface area contributed by atoms with Gasteiger partial charge in [-0.05, 0) is 25.0 Å². The van der Waals surface area contributed by atoms with E-state index in [1.54, 1.807) is 19.0 Å². The Hall–Kier alpha value is -3.37. The van der Waals surface area contributed by atoms with Gasteiger partial charge in [-0.25, -0.2) is 8.78 Å². The van der Waals surface area contributed by atoms with Crippen molar-refractivity contribution in [3.05, 3.63) is 41.2 Å². The number of nitrogens with two attached hydrogens (primary N) is 1. The zero-order valence-electron chi connectivity index (χ0n) is 16.6. The van der Waals surface area contributed by atoms with Crippen molar-refractivity contribution < 1.29 is 23.1 Å². The molecule has 1 amide bonds. The molecule has 1 aromatic heterocycles. The van der Waals surface area contributed by atoms with Gasteiger partial charge in [0.15, 0.2) is 12.4 Å². The fourth-order valence-electron chi connectivity index (χ4n) is 3.09. The van der Waals surface area contributed by atoms with Crippen LogP contribution in [-0.4, -0.2) is 58.9 Å². The number of benzene rings is 1. The van der Waals surface area contributed by atoms with Crippen molar-refractivity contribution in [2.45, 2.75) is 19.4 Å². The van der Waals surface area contributed by atoms with Gasteiger partial charge in [-0.2, -0.15) is 15.0 Å². The Kier molecular flexibility index (Phi) is 6.38. The van der Waals surface area contributed by atoms with Crippen molar-refractivity contribution in [3.63, 3.8) is 0 Å². The summed E-state index contributed by atoms with van der Waals surface area (Å²) in [6.07, 6.45) is 0.741. The predicted octanol–water partition coefficient (Wildman–Crippen LogP) is 1.39. The van der Waals surface area contributed by atoms with Crippen LogP contribution in [-0.2, 0) is 16.1 Å². The minimum atomic E-state index is -0.907. The average Bonchev–Trinajstić information content (AvgIpc) is 2.71. The fourth-order valence-corrected chi connectivity index (χ4v) is 3.09. The van der Waals surface area contributed by atoms with Crippen molar-refractivity contribution >= 4 is 23.8 Å². The van der Waals surface area contributed by atoms with Crippen molar-refractivity contribution in [2.75, 3.05) is 37.8 Å². The average molecular weight is 420 g/mol. The smallest absolute Gasteiger partial charge is 0.309 e. The number of carbonyl (C=O) groups excluding carboxylic acids is 2. The second-order valence-electron chi connectivity index (χ2n) is 7.10. The minimum absolute atomic E-state index is 0.0274. The number of nitrogen functional groups attached to an aromatic ring is 1. The third kappa shape index (κ3) is 4.97. The van der Waals surface area contributed by atoms with Crippen molar-refractivity contribution in [3.8, 4) is 0 Å². The van der Waals surface area contributed by atoms with Gasteiger partial charge in [-0.15, -0.1) is 0 Å². The number of likely N-dealkylation sites (tertiary alicyclic amines) is 1. The number of ether oxygens (including phenoxy) is 1. The number of esters is 1. The van der Waals surface area contributed by atoms with Gasteiger partial charge in [0.1, 0.15) is 11.6 Å². The molecule has 1 aromatic carbocycles. The lowest BCUT2D eigenvalue weighted by Crippen LogP contribution is -2.41. The summed E-state index contributed by atoms with van der Waals surface area (Å²) in [5.41, 5.74) is 5.45. The number of hydrogen-bond acceptors (Lipinski definition) is 8. The fraction of sp³-hybridized carbons (Fsp3) is 0.421. The number of rotatable bonds is 5. The van der Waals surface area contributed by atoms with Gasteiger partial charge >= 0.3 is 5.97 Å². The van der Waals surface area contributed by atoms with Gasteiger partial charge in [0.2, 0.25) is 11.9 Å². The summed E-state index contributed by atoms with van der Waals surface area (Å²) in [5.74, 6) is -2.40. The summed E-state index contributed by atoms with van der Waals surface area (Å²) >= 11 is 0. The maximum atomic E-state index is 13.8. The second kappa shape index (κ2) is 8.97. The molecule has 11 heteroatoms. The Morgan fingerprint density at radius 3 is 2.53 bits per heavy atom. The molecular formula is C19H22F2N6O3. The number of carbonyl (C=O) groups is 2. The van der Waals surface area contributed by atoms with E-state index in [4.69, 9.17) is 10.5 Å². The van der Waals surface area contributed by atoms with Crippen molar-refractivity contribution in [2.24, 2.45) is 5.92 Å². The van der Waals surface area contributed by atoms with Gasteiger partial charge < -0.3 is 20.3 Å². The number of amides is 1. The largest absolute Gasteiger partial charge is 0.457 e. The Morgan fingerprint density at radius 2 is 1.90 bits per heavy atom. The molecule has 0 spiro atoms. The van der Waals surface area contributed by atoms with Gasteiger partial charge in [0, 0.05) is 33.3 Å². The van der Waals surface area contributed by atoms with E-state index < -0.39 is 29.4 Å². The lowest BCUT2D eigenvalue weighted by Gasteiger charge is -2.31. The summed E-state index contributed by atoms with van der Waals surface area (Å²) < 4.78 is 32.2. The van der Waals surface area contributed by atoms with Crippen LogP contribution >= 0.6 is 0 Å². The first kappa shape index (κ1) is 21.3. The quantitative estimate of drug-likeness (QED) is 0.722. The highest BCUT2D eigenvalue weighted by molar-refractivity contribution is 5.94. The number of halogens is 2. The minimum Gasteiger partial charge on any atom is -0.457 e. The Balaban J connectivity index is 1.53. The van der Waals surface area contributed by atoms with Crippen molar-refractivity contribution in [1.82, 2.24) is 19.9 Å². The van der Waals surface area contributed by atoms with Gasteiger partial charge in [-0.1, -0.05) is 0 Å². The molecule has 1 aliphatic heterocycles. The molecule has 1 saturated heterocycles. The first-order chi connectivity index (χ1) is 14.2. The van der Waals surface area contributed by atoms with E-state index in [2.05, 4.69) is 15.0 Å². The number of aromatic nitrogens is 3.